The molecule has 0 aliphatic heterocycles. The van der Waals surface area contributed by atoms with Crippen molar-refractivity contribution in [1.82, 2.24) is 5.32 Å². The minimum absolute atomic E-state index is 0.320. The minimum atomic E-state index is -0.735. The fourth-order valence-electron chi connectivity index (χ4n) is 12.6. The van der Waals surface area contributed by atoms with Crippen LogP contribution in [0.15, 0.2) is 170 Å². The first-order chi connectivity index (χ1) is 56.2. The zero-order chi connectivity index (χ0) is 81.4. The lowest BCUT2D eigenvalue weighted by Crippen LogP contribution is -2.32. The van der Waals surface area contributed by atoms with Gasteiger partial charge >= 0.3 is 6.09 Å². The molecule has 5 N–H and O–H groups in total. The van der Waals surface area contributed by atoms with Crippen LogP contribution in [0, 0.1) is 0 Å². The highest BCUT2D eigenvalue weighted by Gasteiger charge is 2.44. The van der Waals surface area contributed by atoms with E-state index < -0.39 is 11.0 Å². The normalized spacial score (nSPS) is 12.3. The van der Waals surface area contributed by atoms with Crippen LogP contribution in [0.3, 0.4) is 0 Å². The molecule has 0 saturated carbocycles. The molecular weight excluding hydrogens is 1450 g/mol. The number of hydrogen-bond acceptors (Lipinski definition) is 18. The van der Waals surface area contributed by atoms with Gasteiger partial charge in [0.15, 0.2) is 0 Å². The van der Waals surface area contributed by atoms with Crippen molar-refractivity contribution in [3.05, 3.63) is 237 Å². The molecule has 115 heavy (non-hydrogen) atoms. The quantitative estimate of drug-likeness (QED) is 0.0238. The van der Waals surface area contributed by atoms with E-state index in [0.717, 1.165) is 117 Å². The number of fused-ring (bicyclic) bond motifs is 3. The zero-order valence-electron chi connectivity index (χ0n) is 69.0. The number of rotatable bonds is 53. The second-order valence-electron chi connectivity index (χ2n) is 28.8. The van der Waals surface area contributed by atoms with Gasteiger partial charge in [-0.05, 0) is 205 Å². The highest BCUT2D eigenvalue weighted by atomic mass is 16.6. The summed E-state index contributed by atoms with van der Waals surface area (Å²) < 4.78 is 87.6. The standard InChI is InChI=1S/C87H104N2O14.C9H19NO2/c1-90-41-45-94-49-53-100-79-57-75(58-80(63-79)101-54-50-95-46-42-91-2)65-87(66-76-59-81(102-55-51-96-47-43-92-3)64-82(60-76)103-56-52-97-48-44-93-4)85-61-73(23-21-69-13-9-67(10-14-69)17-19-71-25-31-77(32-26-71)98-39-7-5-37-88)29-35-83(85)84-36-30-74(62-86(84)87)24-22-70-15-11-68(12-16-70)18-20-72-27-33-78(34-28-72)99-40-8-6-38-89;1-5-6-7-10-8(11)12-9(2,3)4/h9-36,57-64H,5-8,37-56,65-66,88-89H2,1-4H3;5-7H2,1-4H3,(H,10,11)/b19-17+,20-18+,23-21+,24-22+;. The van der Waals surface area contributed by atoms with Gasteiger partial charge in [0.25, 0.3) is 0 Å². The van der Waals surface area contributed by atoms with Crippen molar-refractivity contribution in [2.75, 3.05) is 167 Å². The maximum absolute atomic E-state index is 11.0. The van der Waals surface area contributed by atoms with E-state index in [1.54, 1.807) is 28.4 Å². The number of ether oxygens (including phenoxy) is 15. The Kier molecular flexibility index (Phi) is 41.2. The monoisotopic (exact) mass is 1570 g/mol. The third kappa shape index (κ3) is 33.6. The minimum Gasteiger partial charge on any atom is -0.494 e. The van der Waals surface area contributed by atoms with Crippen LogP contribution in [0.1, 0.15) is 133 Å². The second-order valence-corrected chi connectivity index (χ2v) is 28.8. The van der Waals surface area contributed by atoms with E-state index in [4.69, 9.17) is 82.5 Å². The van der Waals surface area contributed by atoms with Gasteiger partial charge in [-0.2, -0.15) is 0 Å². The lowest BCUT2D eigenvalue weighted by molar-refractivity contribution is 0.0527. The van der Waals surface area contributed by atoms with Crippen molar-refractivity contribution >= 4 is 54.7 Å². The summed E-state index contributed by atoms with van der Waals surface area (Å²) >= 11 is 0. The van der Waals surface area contributed by atoms with E-state index in [-0.39, 0.29) is 6.09 Å². The van der Waals surface area contributed by atoms with Crippen LogP contribution in [-0.4, -0.2) is 179 Å². The maximum Gasteiger partial charge on any atom is 0.407 e. The molecule has 0 atom stereocenters. The number of methoxy groups -OCH3 is 4. The van der Waals surface area contributed by atoms with Gasteiger partial charge in [0.1, 0.15) is 66.5 Å². The predicted molar refractivity (Wildman–Crippen MR) is 464 cm³/mol. The van der Waals surface area contributed by atoms with Gasteiger partial charge in [-0.15, -0.1) is 0 Å². The Balaban J connectivity index is 0.00000127. The Morgan fingerprint density at radius 2 is 0.626 bits per heavy atom. The van der Waals surface area contributed by atoms with Gasteiger partial charge in [0.2, 0.25) is 0 Å². The van der Waals surface area contributed by atoms with Crippen LogP contribution in [-0.2, 0) is 60.9 Å². The predicted octanol–water partition coefficient (Wildman–Crippen LogP) is 17.8. The van der Waals surface area contributed by atoms with E-state index in [0.29, 0.717) is 174 Å². The van der Waals surface area contributed by atoms with Crippen LogP contribution in [0.4, 0.5) is 4.79 Å². The van der Waals surface area contributed by atoms with Gasteiger partial charge in [0.05, 0.1) is 92.5 Å². The average molecular weight is 1580 g/mol. The summed E-state index contributed by atoms with van der Waals surface area (Å²) in [5, 5.41) is 2.68. The fraction of sp³-hybridized carbons (Fsp3) is 0.406. The topological polar surface area (TPSA) is 220 Å². The smallest absolute Gasteiger partial charge is 0.407 e. The Labute approximate surface area is 683 Å². The molecular formula is C96H123N3O16. The Hall–Kier alpha value is -9.61. The Morgan fingerprint density at radius 3 is 0.922 bits per heavy atom. The molecule has 1 amide bonds. The summed E-state index contributed by atoms with van der Waals surface area (Å²) in [6, 6.07) is 59.8. The molecule has 0 saturated heterocycles. The van der Waals surface area contributed by atoms with Gasteiger partial charge < -0.3 is 87.8 Å². The third-order valence-electron chi connectivity index (χ3n) is 18.5. The van der Waals surface area contributed by atoms with E-state index in [2.05, 4.69) is 194 Å². The molecule has 8 aromatic carbocycles. The highest BCUT2D eigenvalue weighted by Crippen LogP contribution is 2.54. The molecule has 9 rings (SSSR count). The number of nitrogens with two attached hydrogens (primary N) is 2. The molecule has 19 nitrogen and oxygen atoms in total. The van der Waals surface area contributed by atoms with Crippen molar-refractivity contribution in [3.63, 3.8) is 0 Å². The number of nitrogens with one attached hydrogen (secondary N) is 1. The van der Waals surface area contributed by atoms with Crippen molar-refractivity contribution in [2.24, 2.45) is 11.5 Å². The first-order valence-corrected chi connectivity index (χ1v) is 40.3. The van der Waals surface area contributed by atoms with Gasteiger partial charge in [-0.1, -0.05) is 171 Å². The van der Waals surface area contributed by atoms with Gasteiger partial charge in [-0.25, -0.2) is 4.79 Å². The molecule has 0 heterocycles. The Morgan fingerprint density at radius 1 is 0.339 bits per heavy atom. The van der Waals surface area contributed by atoms with Crippen molar-refractivity contribution in [2.45, 2.75) is 90.1 Å². The lowest BCUT2D eigenvalue weighted by atomic mass is 9.69. The Bertz CT molecular complexity index is 3870. The second kappa shape index (κ2) is 52.1. The first-order valence-electron chi connectivity index (χ1n) is 40.3. The van der Waals surface area contributed by atoms with E-state index in [9.17, 15) is 4.79 Å². The van der Waals surface area contributed by atoms with Crippen LogP contribution >= 0.6 is 0 Å². The van der Waals surface area contributed by atoms with Crippen molar-refractivity contribution < 1.29 is 75.8 Å². The van der Waals surface area contributed by atoms with Crippen LogP contribution < -0.4 is 45.2 Å². The molecule has 0 spiro atoms. The molecule has 618 valence electrons. The first kappa shape index (κ1) is 90.9. The molecule has 1 aliphatic carbocycles. The van der Waals surface area contributed by atoms with Crippen molar-refractivity contribution in [3.8, 4) is 45.6 Å². The fourth-order valence-corrected chi connectivity index (χ4v) is 12.6. The zero-order valence-corrected chi connectivity index (χ0v) is 69.0. The highest BCUT2D eigenvalue weighted by molar-refractivity contribution is 5.86. The summed E-state index contributed by atoms with van der Waals surface area (Å²) in [7, 11) is 6.65. The largest absolute Gasteiger partial charge is 0.494 e. The summed E-state index contributed by atoms with van der Waals surface area (Å²) in [6.45, 7) is 17.6. The van der Waals surface area contributed by atoms with E-state index in [1.165, 1.54) is 11.1 Å². The number of carbonyl (C=O) groups is 1. The molecule has 8 aromatic rings. The van der Waals surface area contributed by atoms with Crippen LogP contribution in [0.5, 0.6) is 34.5 Å². The molecule has 0 bridgehead atoms. The number of unbranched alkanes of at least 4 members (excludes halogenated alkanes) is 3. The van der Waals surface area contributed by atoms with Crippen molar-refractivity contribution in [1.29, 1.82) is 0 Å². The summed E-state index contributed by atoms with van der Waals surface area (Å²) in [4.78, 5) is 11.0. The summed E-state index contributed by atoms with van der Waals surface area (Å²) in [6.07, 6.45) is 23.9. The lowest BCUT2D eigenvalue weighted by Gasteiger charge is -2.34. The van der Waals surface area contributed by atoms with Gasteiger partial charge in [-0.3, -0.25) is 0 Å². The average Bonchev–Trinajstić information content (AvgIpc) is 1.56. The van der Waals surface area contributed by atoms with E-state index in [1.807, 2.05) is 57.2 Å². The van der Waals surface area contributed by atoms with Gasteiger partial charge in [0, 0.05) is 52.5 Å². The van der Waals surface area contributed by atoms with E-state index >= 15 is 0 Å². The number of hydrogen-bond donors (Lipinski definition) is 3. The summed E-state index contributed by atoms with van der Waals surface area (Å²) in [5.41, 5.74) is 25.5. The van der Waals surface area contributed by atoms with Crippen LogP contribution in [0.2, 0.25) is 0 Å². The number of amides is 1. The molecule has 19 heteroatoms. The molecule has 0 fully saturated rings. The molecule has 0 radical (unpaired) electrons. The third-order valence-corrected chi connectivity index (χ3v) is 18.5. The van der Waals surface area contributed by atoms with Crippen LogP contribution in [0.25, 0.3) is 59.7 Å². The number of alkyl carbamates (subject to hydrolysis) is 1. The molecule has 0 aromatic heterocycles. The number of benzene rings is 8. The maximum atomic E-state index is 11.0. The number of carbonyl (C=O) groups excluding carboxylic acids is 1. The summed E-state index contributed by atoms with van der Waals surface area (Å²) in [5.74, 6) is 4.34. The molecule has 1 aliphatic rings. The molecule has 0 unspecified atom stereocenters. The SMILES string of the molecule is CCCCNC(=O)OC(C)(C)C.COCCOCCOc1cc(CC2(Cc3cc(OCCOCCOC)cc(OCCOCCOC)c3)c3cc(/C=C/c4ccc(/C=C/c5ccc(OCCCCN)cc5)cc4)ccc3-c3ccc(/C=C/c4ccc(/C=C/c5ccc(OCCCCN)cc5)cc4)cc32)cc(OCCOCCOC)c1.